The van der Waals surface area contributed by atoms with Crippen LogP contribution in [0.3, 0.4) is 0 Å². The lowest BCUT2D eigenvalue weighted by atomic mass is 9.61. The number of rotatable bonds is 4. The van der Waals surface area contributed by atoms with Gasteiger partial charge in [-0.15, -0.1) is 0 Å². The standard InChI is InChI=1S/C21H28N4/c1-20(2,3)21(16-22-4)10-13-25(14-11-21)15-17-5-7-18(8-6-17)19-9-12-23-24-19/h5-9,12H,10-11,13-16H2,1-3H3,(H,23,24). The van der Waals surface area contributed by atoms with E-state index in [0.717, 1.165) is 38.2 Å². The van der Waals surface area contributed by atoms with Crippen molar-refractivity contribution in [1.82, 2.24) is 15.1 Å². The minimum Gasteiger partial charge on any atom is -0.316 e. The van der Waals surface area contributed by atoms with Gasteiger partial charge in [0, 0.05) is 18.2 Å². The maximum absolute atomic E-state index is 7.36. The number of H-pyrrole nitrogens is 1. The van der Waals surface area contributed by atoms with Crippen LogP contribution >= 0.6 is 0 Å². The Balaban J connectivity index is 1.61. The molecule has 1 fully saturated rings. The summed E-state index contributed by atoms with van der Waals surface area (Å²) in [6.45, 7) is 18.0. The highest BCUT2D eigenvalue weighted by molar-refractivity contribution is 5.58. The van der Waals surface area contributed by atoms with Crippen LogP contribution in [-0.4, -0.2) is 34.7 Å². The number of hydrogen-bond acceptors (Lipinski definition) is 2. The van der Waals surface area contributed by atoms with Crippen LogP contribution in [0.15, 0.2) is 36.5 Å². The molecule has 0 saturated carbocycles. The molecule has 132 valence electrons. The van der Waals surface area contributed by atoms with Crippen molar-refractivity contribution in [3.8, 4) is 11.3 Å². The van der Waals surface area contributed by atoms with Gasteiger partial charge in [-0.1, -0.05) is 45.0 Å². The smallest absolute Gasteiger partial charge is 0.220 e. The molecule has 1 aliphatic heterocycles. The highest BCUT2D eigenvalue weighted by Gasteiger charge is 2.46. The summed E-state index contributed by atoms with van der Waals surface area (Å²) in [5.41, 5.74) is 3.92. The molecule has 0 spiro atoms. The van der Waals surface area contributed by atoms with Crippen molar-refractivity contribution in [2.24, 2.45) is 10.8 Å². The normalized spacial score (nSPS) is 18.0. The Morgan fingerprint density at radius 2 is 1.84 bits per heavy atom. The zero-order chi connectivity index (χ0) is 17.9. The molecule has 0 amide bonds. The van der Waals surface area contributed by atoms with E-state index in [4.69, 9.17) is 6.57 Å². The fourth-order valence-corrected chi connectivity index (χ4v) is 3.90. The highest BCUT2D eigenvalue weighted by Crippen LogP contribution is 2.47. The van der Waals surface area contributed by atoms with Gasteiger partial charge in [-0.3, -0.25) is 10.00 Å². The van der Waals surface area contributed by atoms with E-state index < -0.39 is 0 Å². The minimum absolute atomic E-state index is 0.162. The average Bonchev–Trinajstić information content (AvgIpc) is 3.11. The molecule has 1 aliphatic rings. The number of aromatic amines is 1. The van der Waals surface area contributed by atoms with Crippen molar-refractivity contribution in [3.05, 3.63) is 53.5 Å². The molecule has 0 radical (unpaired) electrons. The fourth-order valence-electron chi connectivity index (χ4n) is 3.90. The monoisotopic (exact) mass is 336 g/mol. The quantitative estimate of drug-likeness (QED) is 0.827. The van der Waals surface area contributed by atoms with Crippen LogP contribution in [0, 0.1) is 17.4 Å². The molecule has 1 aromatic heterocycles. The number of likely N-dealkylation sites (tertiary alicyclic amines) is 1. The second-order valence-corrected chi connectivity index (χ2v) is 8.29. The summed E-state index contributed by atoms with van der Waals surface area (Å²) in [6.07, 6.45) is 4.01. The van der Waals surface area contributed by atoms with Crippen LogP contribution in [0.25, 0.3) is 16.1 Å². The fraction of sp³-hybridized carbons (Fsp3) is 0.524. The first-order valence-corrected chi connectivity index (χ1v) is 9.08. The lowest BCUT2D eigenvalue weighted by molar-refractivity contribution is 0.0173. The van der Waals surface area contributed by atoms with Crippen LogP contribution in [0.5, 0.6) is 0 Å². The molecule has 2 aromatic rings. The molecule has 0 atom stereocenters. The summed E-state index contributed by atoms with van der Waals surface area (Å²) < 4.78 is 0. The van der Waals surface area contributed by atoms with E-state index in [2.05, 4.69) is 65.0 Å². The molecule has 25 heavy (non-hydrogen) atoms. The van der Waals surface area contributed by atoms with E-state index in [1.165, 1.54) is 11.1 Å². The first-order chi connectivity index (χ1) is 11.9. The van der Waals surface area contributed by atoms with Gasteiger partial charge < -0.3 is 4.85 Å². The molecule has 1 aromatic carbocycles. The summed E-state index contributed by atoms with van der Waals surface area (Å²) >= 11 is 0. The van der Waals surface area contributed by atoms with Gasteiger partial charge >= 0.3 is 0 Å². The van der Waals surface area contributed by atoms with Gasteiger partial charge in [0.2, 0.25) is 6.54 Å². The lowest BCUT2D eigenvalue weighted by Gasteiger charge is -2.46. The molecular formula is C21H28N4. The molecule has 4 heteroatoms. The van der Waals surface area contributed by atoms with Crippen LogP contribution in [0.2, 0.25) is 0 Å². The Hall–Kier alpha value is -2.12. The van der Waals surface area contributed by atoms with E-state index in [1.807, 2.05) is 6.07 Å². The number of hydrogen-bond donors (Lipinski definition) is 1. The second kappa shape index (κ2) is 7.01. The summed E-state index contributed by atoms with van der Waals surface area (Å²) in [4.78, 5) is 6.29. The van der Waals surface area contributed by atoms with Gasteiger partial charge in [0.25, 0.3) is 0 Å². The Morgan fingerprint density at radius 3 is 2.36 bits per heavy atom. The summed E-state index contributed by atoms with van der Waals surface area (Å²) in [7, 11) is 0. The Bertz CT molecular complexity index is 709. The molecule has 0 aliphatic carbocycles. The third-order valence-corrected chi connectivity index (χ3v) is 5.96. The van der Waals surface area contributed by atoms with Gasteiger partial charge in [-0.25, -0.2) is 6.57 Å². The first kappa shape index (κ1) is 17.7. The van der Waals surface area contributed by atoms with Crippen LogP contribution in [0.4, 0.5) is 0 Å². The third kappa shape index (κ3) is 3.77. The van der Waals surface area contributed by atoms with Gasteiger partial charge in [0.15, 0.2) is 0 Å². The molecule has 1 saturated heterocycles. The Morgan fingerprint density at radius 1 is 1.16 bits per heavy atom. The molecule has 1 N–H and O–H groups in total. The molecule has 0 unspecified atom stereocenters. The van der Waals surface area contributed by atoms with E-state index in [1.54, 1.807) is 6.20 Å². The van der Waals surface area contributed by atoms with E-state index in [-0.39, 0.29) is 10.8 Å². The van der Waals surface area contributed by atoms with E-state index >= 15 is 0 Å². The van der Waals surface area contributed by atoms with Crippen molar-refractivity contribution >= 4 is 0 Å². The first-order valence-electron chi connectivity index (χ1n) is 9.08. The Kier molecular flexibility index (Phi) is 4.96. The SMILES string of the molecule is [C-]#[N+]CC1(C(C)(C)C)CCN(Cc2ccc(-c3ccn[nH]3)cc2)CC1. The van der Waals surface area contributed by atoms with E-state index in [9.17, 15) is 0 Å². The number of nitrogens with zero attached hydrogens (tertiary/aromatic N) is 3. The van der Waals surface area contributed by atoms with Crippen molar-refractivity contribution < 1.29 is 0 Å². The minimum atomic E-state index is 0.162. The third-order valence-electron chi connectivity index (χ3n) is 5.96. The van der Waals surface area contributed by atoms with Crippen LogP contribution in [-0.2, 0) is 6.54 Å². The van der Waals surface area contributed by atoms with E-state index in [0.29, 0.717) is 6.54 Å². The maximum atomic E-state index is 7.36. The second-order valence-electron chi connectivity index (χ2n) is 8.29. The summed E-state index contributed by atoms with van der Waals surface area (Å²) in [5.74, 6) is 0. The topological polar surface area (TPSA) is 36.3 Å². The zero-order valence-corrected chi connectivity index (χ0v) is 15.5. The predicted octanol–water partition coefficient (Wildman–Crippen LogP) is 4.62. The van der Waals surface area contributed by atoms with Crippen molar-refractivity contribution in [1.29, 1.82) is 0 Å². The lowest BCUT2D eigenvalue weighted by Crippen LogP contribution is -2.47. The zero-order valence-electron chi connectivity index (χ0n) is 15.5. The number of nitrogens with one attached hydrogen (secondary N) is 1. The largest absolute Gasteiger partial charge is 0.316 e. The van der Waals surface area contributed by atoms with Crippen molar-refractivity contribution in [2.45, 2.75) is 40.2 Å². The molecule has 0 bridgehead atoms. The van der Waals surface area contributed by atoms with Gasteiger partial charge in [0.05, 0.1) is 5.69 Å². The average molecular weight is 336 g/mol. The summed E-state index contributed by atoms with van der Waals surface area (Å²) in [5, 5.41) is 7.01. The maximum Gasteiger partial charge on any atom is 0.220 e. The van der Waals surface area contributed by atoms with Crippen molar-refractivity contribution in [3.63, 3.8) is 0 Å². The number of piperidine rings is 1. The number of aromatic nitrogens is 2. The van der Waals surface area contributed by atoms with Crippen LogP contribution in [0.1, 0.15) is 39.2 Å². The molecule has 3 rings (SSSR count). The van der Waals surface area contributed by atoms with Gasteiger partial charge in [-0.05, 0) is 48.5 Å². The van der Waals surface area contributed by atoms with Crippen LogP contribution < -0.4 is 0 Å². The summed E-state index contributed by atoms with van der Waals surface area (Å²) in [6, 6.07) is 10.7. The number of benzene rings is 1. The van der Waals surface area contributed by atoms with Crippen molar-refractivity contribution in [2.75, 3.05) is 19.6 Å². The molecule has 2 heterocycles. The highest BCUT2D eigenvalue weighted by atomic mass is 15.1. The molecule has 4 nitrogen and oxygen atoms in total. The predicted molar refractivity (Wildman–Crippen MR) is 102 cm³/mol. The van der Waals surface area contributed by atoms with Gasteiger partial charge in [0.1, 0.15) is 0 Å². The molecular weight excluding hydrogens is 308 g/mol. The van der Waals surface area contributed by atoms with Gasteiger partial charge in [-0.2, -0.15) is 5.10 Å². The Labute approximate surface area is 151 Å².